The van der Waals surface area contributed by atoms with Crippen LogP contribution in [-0.4, -0.2) is 33.0 Å². The lowest BCUT2D eigenvalue weighted by Crippen LogP contribution is -2.40. The van der Waals surface area contributed by atoms with Gasteiger partial charge in [0.25, 0.3) is 5.91 Å². The zero-order valence-corrected chi connectivity index (χ0v) is 13.9. The number of amides is 1. The summed E-state index contributed by atoms with van der Waals surface area (Å²) in [5.41, 5.74) is 1.42. The number of nitrogens with zero attached hydrogens (tertiary/aromatic N) is 2. The number of unbranched alkanes of at least 4 members (excludes halogenated alkanes) is 1. The number of nitrogens with one attached hydrogen (secondary N) is 1. The van der Waals surface area contributed by atoms with Crippen molar-refractivity contribution >= 4 is 23.2 Å². The maximum Gasteiger partial charge on any atom is 0.326 e. The molecule has 2 heterocycles. The second kappa shape index (κ2) is 7.82. The number of pyridine rings is 1. The number of aromatic nitrogens is 2. The summed E-state index contributed by atoms with van der Waals surface area (Å²) in [7, 11) is 0. The van der Waals surface area contributed by atoms with E-state index in [0.717, 1.165) is 18.4 Å². The molecule has 2 aromatic rings. The molecule has 2 rings (SSSR count). The van der Waals surface area contributed by atoms with Crippen molar-refractivity contribution in [3.8, 4) is 10.6 Å². The van der Waals surface area contributed by atoms with Crippen LogP contribution in [0.1, 0.15) is 41.6 Å². The molecule has 6 nitrogen and oxygen atoms in total. The fraction of sp³-hybridized carbons (Fsp3) is 0.375. The maximum absolute atomic E-state index is 12.4. The summed E-state index contributed by atoms with van der Waals surface area (Å²) in [4.78, 5) is 32.5. The number of carbonyl (C=O) groups is 2. The molecule has 1 amide bonds. The van der Waals surface area contributed by atoms with E-state index < -0.39 is 17.9 Å². The van der Waals surface area contributed by atoms with Crippen molar-refractivity contribution in [3.63, 3.8) is 0 Å². The van der Waals surface area contributed by atoms with Crippen molar-refractivity contribution in [2.45, 2.75) is 39.2 Å². The lowest BCUT2D eigenvalue weighted by Gasteiger charge is -2.13. The van der Waals surface area contributed by atoms with Gasteiger partial charge in [-0.25, -0.2) is 9.78 Å². The summed E-state index contributed by atoms with van der Waals surface area (Å²) in [6.07, 6.45) is 5.40. The van der Waals surface area contributed by atoms with Gasteiger partial charge < -0.3 is 10.4 Å². The summed E-state index contributed by atoms with van der Waals surface area (Å²) in [6.45, 7) is 3.72. The average molecular weight is 333 g/mol. The molecule has 0 aliphatic heterocycles. The zero-order valence-electron chi connectivity index (χ0n) is 13.1. The number of carbonyl (C=O) groups excluding carboxylic acids is 1. The van der Waals surface area contributed by atoms with Gasteiger partial charge in [0, 0.05) is 18.0 Å². The molecule has 23 heavy (non-hydrogen) atoms. The predicted molar refractivity (Wildman–Crippen MR) is 88.5 cm³/mol. The highest BCUT2D eigenvalue weighted by molar-refractivity contribution is 7.17. The second-order valence-corrected chi connectivity index (χ2v) is 6.18. The normalized spacial score (nSPS) is 11.9. The molecule has 0 radical (unpaired) electrons. The molecule has 0 saturated heterocycles. The largest absolute Gasteiger partial charge is 0.480 e. The summed E-state index contributed by atoms with van der Waals surface area (Å²) in [6, 6.07) is 2.80. The van der Waals surface area contributed by atoms with Gasteiger partial charge >= 0.3 is 5.97 Å². The number of hydrogen-bond donors (Lipinski definition) is 2. The SMILES string of the molecule is CCCCC(NC(=O)c1sc(-c2cccnc2)nc1C)C(=O)O. The quantitative estimate of drug-likeness (QED) is 0.813. The van der Waals surface area contributed by atoms with E-state index in [2.05, 4.69) is 15.3 Å². The molecule has 0 spiro atoms. The number of thiazole rings is 1. The van der Waals surface area contributed by atoms with Crippen LogP contribution in [0.15, 0.2) is 24.5 Å². The molecule has 7 heteroatoms. The van der Waals surface area contributed by atoms with Crippen LogP contribution in [0.25, 0.3) is 10.6 Å². The van der Waals surface area contributed by atoms with Crippen LogP contribution >= 0.6 is 11.3 Å². The molecule has 122 valence electrons. The van der Waals surface area contributed by atoms with Crippen molar-refractivity contribution in [3.05, 3.63) is 35.1 Å². The molecule has 0 fully saturated rings. The number of carboxylic acid groups (broad SMARTS) is 1. The Hall–Kier alpha value is -2.28. The minimum absolute atomic E-state index is 0.390. The van der Waals surface area contributed by atoms with E-state index in [4.69, 9.17) is 0 Å². The third-order valence-electron chi connectivity index (χ3n) is 3.36. The van der Waals surface area contributed by atoms with Crippen LogP contribution in [0.2, 0.25) is 0 Å². The maximum atomic E-state index is 12.4. The molecule has 2 aromatic heterocycles. The summed E-state index contributed by atoms with van der Waals surface area (Å²) in [5, 5.41) is 12.5. The number of aryl methyl sites for hydroxylation is 1. The molecule has 1 unspecified atom stereocenters. The third kappa shape index (κ3) is 4.35. The van der Waals surface area contributed by atoms with E-state index in [0.29, 0.717) is 22.0 Å². The second-order valence-electron chi connectivity index (χ2n) is 5.18. The Morgan fingerprint density at radius 3 is 2.83 bits per heavy atom. The molecule has 0 bridgehead atoms. The van der Waals surface area contributed by atoms with E-state index in [1.54, 1.807) is 25.4 Å². The number of carboxylic acids is 1. The first-order chi connectivity index (χ1) is 11.0. The van der Waals surface area contributed by atoms with E-state index in [1.165, 1.54) is 11.3 Å². The summed E-state index contributed by atoms with van der Waals surface area (Å²) in [5.74, 6) is -1.40. The van der Waals surface area contributed by atoms with Crippen LogP contribution in [0.3, 0.4) is 0 Å². The van der Waals surface area contributed by atoms with Crippen molar-refractivity contribution in [1.82, 2.24) is 15.3 Å². The molecule has 2 N–H and O–H groups in total. The molecule has 0 aromatic carbocycles. The minimum atomic E-state index is -1.01. The fourth-order valence-corrected chi connectivity index (χ4v) is 3.07. The molecule has 0 aliphatic rings. The highest BCUT2D eigenvalue weighted by Gasteiger charge is 2.23. The first kappa shape index (κ1) is 17.1. The Balaban J connectivity index is 2.16. The Kier molecular flexibility index (Phi) is 5.81. The van der Waals surface area contributed by atoms with Crippen molar-refractivity contribution in [2.24, 2.45) is 0 Å². The van der Waals surface area contributed by atoms with E-state index >= 15 is 0 Å². The Bertz CT molecular complexity index is 685. The van der Waals surface area contributed by atoms with Gasteiger partial charge in [0.05, 0.1) is 5.69 Å². The summed E-state index contributed by atoms with van der Waals surface area (Å²) < 4.78 is 0. The minimum Gasteiger partial charge on any atom is -0.480 e. The van der Waals surface area contributed by atoms with Gasteiger partial charge in [-0.1, -0.05) is 19.8 Å². The highest BCUT2D eigenvalue weighted by atomic mass is 32.1. The van der Waals surface area contributed by atoms with Crippen LogP contribution in [0.5, 0.6) is 0 Å². The van der Waals surface area contributed by atoms with Crippen molar-refractivity contribution in [2.75, 3.05) is 0 Å². The lowest BCUT2D eigenvalue weighted by atomic mass is 10.1. The van der Waals surface area contributed by atoms with E-state index in [9.17, 15) is 14.7 Å². The Morgan fingerprint density at radius 1 is 1.43 bits per heavy atom. The predicted octanol–water partition coefficient (Wildman–Crippen LogP) is 2.89. The Labute approximate surface area is 138 Å². The molecular weight excluding hydrogens is 314 g/mol. The lowest BCUT2D eigenvalue weighted by molar-refractivity contribution is -0.139. The van der Waals surface area contributed by atoms with Crippen LogP contribution in [0, 0.1) is 6.92 Å². The topological polar surface area (TPSA) is 92.2 Å². The first-order valence-electron chi connectivity index (χ1n) is 7.44. The van der Waals surface area contributed by atoms with Gasteiger partial charge in [-0.05, 0) is 25.5 Å². The summed E-state index contributed by atoms with van der Waals surface area (Å²) >= 11 is 1.24. The molecule has 0 aliphatic carbocycles. The van der Waals surface area contributed by atoms with Gasteiger partial charge in [0.15, 0.2) is 0 Å². The third-order valence-corrected chi connectivity index (χ3v) is 4.57. The number of aliphatic carboxylic acids is 1. The van der Waals surface area contributed by atoms with Crippen molar-refractivity contribution < 1.29 is 14.7 Å². The molecular formula is C16H19N3O3S. The van der Waals surface area contributed by atoms with Crippen LogP contribution < -0.4 is 5.32 Å². The highest BCUT2D eigenvalue weighted by Crippen LogP contribution is 2.27. The van der Waals surface area contributed by atoms with Crippen LogP contribution in [0.4, 0.5) is 0 Å². The first-order valence-corrected chi connectivity index (χ1v) is 8.26. The zero-order chi connectivity index (χ0) is 16.8. The number of hydrogen-bond acceptors (Lipinski definition) is 5. The Morgan fingerprint density at radius 2 is 2.22 bits per heavy atom. The standard InChI is InChI=1S/C16H19N3O3S/c1-3-4-7-12(16(21)22)19-14(20)13-10(2)18-15(23-13)11-6-5-8-17-9-11/h5-6,8-9,12H,3-4,7H2,1-2H3,(H,19,20)(H,21,22). The van der Waals surface area contributed by atoms with Gasteiger partial charge in [-0.2, -0.15) is 0 Å². The van der Waals surface area contributed by atoms with Gasteiger partial charge in [-0.3, -0.25) is 9.78 Å². The smallest absolute Gasteiger partial charge is 0.326 e. The van der Waals surface area contributed by atoms with Crippen molar-refractivity contribution in [1.29, 1.82) is 0 Å². The molecule has 1 atom stereocenters. The molecule has 0 saturated carbocycles. The monoisotopic (exact) mass is 333 g/mol. The van der Waals surface area contributed by atoms with Gasteiger partial charge in [-0.15, -0.1) is 11.3 Å². The van der Waals surface area contributed by atoms with E-state index in [1.807, 2.05) is 13.0 Å². The fourth-order valence-electron chi connectivity index (χ4n) is 2.11. The van der Waals surface area contributed by atoms with Gasteiger partial charge in [0.1, 0.15) is 15.9 Å². The average Bonchev–Trinajstić information content (AvgIpc) is 2.94. The van der Waals surface area contributed by atoms with E-state index in [-0.39, 0.29) is 0 Å². The van der Waals surface area contributed by atoms with Crippen LogP contribution in [-0.2, 0) is 4.79 Å². The number of rotatable bonds is 7. The van der Waals surface area contributed by atoms with Gasteiger partial charge in [0.2, 0.25) is 0 Å².